The zero-order valence-electron chi connectivity index (χ0n) is 6.43. The molecule has 0 amide bonds. The van der Waals surface area contributed by atoms with Gasteiger partial charge in [0.25, 0.3) is 0 Å². The Kier molecular flexibility index (Phi) is 2.01. The zero-order chi connectivity index (χ0) is 7.61. The summed E-state index contributed by atoms with van der Waals surface area (Å²) in [7, 11) is 0. The van der Waals surface area contributed by atoms with Crippen LogP contribution in [0.3, 0.4) is 0 Å². The largest absolute Gasteiger partial charge is 0.377 e. The molecule has 1 aliphatic carbocycles. The highest BCUT2D eigenvalue weighted by molar-refractivity contribution is 5.10. The highest BCUT2D eigenvalue weighted by atomic mass is 16.3. The van der Waals surface area contributed by atoms with Gasteiger partial charge in [0.1, 0.15) is 5.60 Å². The Morgan fingerprint density at radius 3 is 2.70 bits per heavy atom. The molecule has 1 saturated carbocycles. The Labute approximate surface area is 62.4 Å². The molecule has 0 bridgehead atoms. The molecule has 1 N–H and O–H groups in total. The smallest absolute Gasteiger partial charge is 0.127 e. The number of hydrogen-bond donors (Lipinski definition) is 1. The van der Waals surface area contributed by atoms with Crippen molar-refractivity contribution in [2.75, 3.05) is 0 Å². The molecule has 0 aromatic heterocycles. The van der Waals surface area contributed by atoms with Crippen molar-refractivity contribution in [3.63, 3.8) is 0 Å². The van der Waals surface area contributed by atoms with E-state index in [1.807, 2.05) is 6.92 Å². The van der Waals surface area contributed by atoms with Crippen LogP contribution in [-0.4, -0.2) is 10.7 Å². The quantitative estimate of drug-likeness (QED) is 0.504. The van der Waals surface area contributed by atoms with Gasteiger partial charge < -0.3 is 5.11 Å². The lowest BCUT2D eigenvalue weighted by Crippen LogP contribution is -2.37. The summed E-state index contributed by atoms with van der Waals surface area (Å²) < 4.78 is 0. The molecule has 0 radical (unpaired) electrons. The van der Waals surface area contributed by atoms with Gasteiger partial charge in [0.05, 0.1) is 0 Å². The Bertz CT molecular complexity index is 157. The molecule has 2 unspecified atom stereocenters. The molecule has 0 aliphatic heterocycles. The van der Waals surface area contributed by atoms with Crippen molar-refractivity contribution in [2.45, 2.75) is 38.2 Å². The van der Waals surface area contributed by atoms with Gasteiger partial charge in [0.2, 0.25) is 0 Å². The maximum Gasteiger partial charge on any atom is 0.127 e. The van der Waals surface area contributed by atoms with Gasteiger partial charge >= 0.3 is 0 Å². The molecule has 10 heavy (non-hydrogen) atoms. The van der Waals surface area contributed by atoms with Gasteiger partial charge in [-0.25, -0.2) is 0 Å². The van der Waals surface area contributed by atoms with Crippen LogP contribution in [0.5, 0.6) is 0 Å². The first-order valence-electron chi connectivity index (χ1n) is 3.89. The van der Waals surface area contributed by atoms with Crippen LogP contribution in [0.1, 0.15) is 32.6 Å². The minimum absolute atomic E-state index is 0.284. The van der Waals surface area contributed by atoms with Crippen molar-refractivity contribution in [1.82, 2.24) is 0 Å². The number of terminal acetylenes is 1. The van der Waals surface area contributed by atoms with E-state index >= 15 is 0 Å². The minimum Gasteiger partial charge on any atom is -0.377 e. The van der Waals surface area contributed by atoms with Crippen LogP contribution < -0.4 is 0 Å². The Morgan fingerprint density at radius 1 is 1.60 bits per heavy atom. The molecular formula is C9H14O. The average molecular weight is 138 g/mol. The van der Waals surface area contributed by atoms with Gasteiger partial charge in [-0.1, -0.05) is 19.3 Å². The summed E-state index contributed by atoms with van der Waals surface area (Å²) in [6.45, 7) is 2.03. The van der Waals surface area contributed by atoms with Crippen LogP contribution >= 0.6 is 0 Å². The fraction of sp³-hybridized carbons (Fsp3) is 0.778. The Balaban J connectivity index is 2.65. The fourth-order valence-electron chi connectivity index (χ4n) is 1.54. The van der Waals surface area contributed by atoms with Crippen LogP contribution in [0, 0.1) is 18.3 Å². The SMILES string of the molecule is C#CC1(O)CCCCC1C. The maximum absolute atomic E-state index is 9.71. The summed E-state index contributed by atoms with van der Waals surface area (Å²) in [5.74, 6) is 2.77. The normalized spacial score (nSPS) is 40.7. The Hall–Kier alpha value is -0.480. The van der Waals surface area contributed by atoms with Crippen LogP contribution in [0.25, 0.3) is 0 Å². The first-order chi connectivity index (χ1) is 4.69. The average Bonchev–Trinajstić information content (AvgIpc) is 1.96. The molecule has 0 aromatic carbocycles. The van der Waals surface area contributed by atoms with Crippen molar-refractivity contribution < 1.29 is 5.11 Å². The fourth-order valence-corrected chi connectivity index (χ4v) is 1.54. The van der Waals surface area contributed by atoms with E-state index in [9.17, 15) is 5.11 Å². The van der Waals surface area contributed by atoms with Gasteiger partial charge in [0, 0.05) is 0 Å². The topological polar surface area (TPSA) is 20.2 Å². The molecule has 1 fully saturated rings. The predicted octanol–water partition coefficient (Wildman–Crippen LogP) is 1.56. The van der Waals surface area contributed by atoms with Crippen LogP contribution in [0.2, 0.25) is 0 Å². The summed E-state index contributed by atoms with van der Waals surface area (Å²) in [6.07, 6.45) is 9.37. The highest BCUT2D eigenvalue weighted by Crippen LogP contribution is 2.32. The molecule has 1 rings (SSSR count). The first-order valence-corrected chi connectivity index (χ1v) is 3.89. The van der Waals surface area contributed by atoms with Gasteiger partial charge in [-0.3, -0.25) is 0 Å². The number of rotatable bonds is 0. The van der Waals surface area contributed by atoms with E-state index in [4.69, 9.17) is 6.42 Å². The molecule has 1 heteroatoms. The van der Waals surface area contributed by atoms with Gasteiger partial charge in [0.15, 0.2) is 0 Å². The molecule has 0 saturated heterocycles. The molecule has 0 aromatic rings. The summed E-state index contributed by atoms with van der Waals surface area (Å²) in [5, 5.41) is 9.71. The second-order valence-electron chi connectivity index (χ2n) is 3.22. The Morgan fingerprint density at radius 2 is 2.30 bits per heavy atom. The number of hydrogen-bond acceptors (Lipinski definition) is 1. The third kappa shape index (κ3) is 1.17. The molecule has 56 valence electrons. The van der Waals surface area contributed by atoms with Crippen molar-refractivity contribution in [2.24, 2.45) is 5.92 Å². The molecule has 0 heterocycles. The first kappa shape index (κ1) is 7.63. The maximum atomic E-state index is 9.71. The van der Waals surface area contributed by atoms with Crippen molar-refractivity contribution in [1.29, 1.82) is 0 Å². The number of aliphatic hydroxyl groups is 1. The van der Waals surface area contributed by atoms with E-state index < -0.39 is 5.60 Å². The molecule has 2 atom stereocenters. The minimum atomic E-state index is -0.793. The van der Waals surface area contributed by atoms with Crippen LogP contribution in [0.4, 0.5) is 0 Å². The molecule has 0 spiro atoms. The third-order valence-corrected chi connectivity index (χ3v) is 2.51. The standard InChI is InChI=1S/C9H14O/c1-3-9(10)7-5-4-6-8(9)2/h1,8,10H,4-7H2,2H3. The lowest BCUT2D eigenvalue weighted by molar-refractivity contribution is 0.0128. The second kappa shape index (κ2) is 2.64. The van der Waals surface area contributed by atoms with Crippen LogP contribution in [-0.2, 0) is 0 Å². The van der Waals surface area contributed by atoms with E-state index in [0.717, 1.165) is 19.3 Å². The van der Waals surface area contributed by atoms with Crippen LogP contribution in [0.15, 0.2) is 0 Å². The van der Waals surface area contributed by atoms with E-state index in [0.29, 0.717) is 0 Å². The molecule has 1 nitrogen and oxygen atoms in total. The monoisotopic (exact) mass is 138 g/mol. The predicted molar refractivity (Wildman–Crippen MR) is 41.4 cm³/mol. The highest BCUT2D eigenvalue weighted by Gasteiger charge is 2.33. The summed E-state index contributed by atoms with van der Waals surface area (Å²) in [4.78, 5) is 0. The van der Waals surface area contributed by atoms with E-state index in [1.54, 1.807) is 0 Å². The zero-order valence-corrected chi connectivity index (χ0v) is 6.43. The lowest BCUT2D eigenvalue weighted by Gasteiger charge is -2.33. The summed E-state index contributed by atoms with van der Waals surface area (Å²) in [5.41, 5.74) is -0.793. The van der Waals surface area contributed by atoms with E-state index in [2.05, 4.69) is 5.92 Å². The van der Waals surface area contributed by atoms with Gasteiger partial charge in [-0.2, -0.15) is 0 Å². The summed E-state index contributed by atoms with van der Waals surface area (Å²) >= 11 is 0. The van der Waals surface area contributed by atoms with E-state index in [1.165, 1.54) is 6.42 Å². The van der Waals surface area contributed by atoms with E-state index in [-0.39, 0.29) is 5.92 Å². The van der Waals surface area contributed by atoms with Gasteiger partial charge in [-0.05, 0) is 25.2 Å². The summed E-state index contributed by atoms with van der Waals surface area (Å²) in [6, 6.07) is 0. The van der Waals surface area contributed by atoms with Gasteiger partial charge in [-0.15, -0.1) is 6.42 Å². The van der Waals surface area contributed by atoms with Crippen molar-refractivity contribution in [3.8, 4) is 12.3 Å². The van der Waals surface area contributed by atoms with Crippen molar-refractivity contribution in [3.05, 3.63) is 0 Å². The molecular weight excluding hydrogens is 124 g/mol. The molecule has 1 aliphatic rings. The third-order valence-electron chi connectivity index (χ3n) is 2.51. The van der Waals surface area contributed by atoms with Crippen molar-refractivity contribution >= 4 is 0 Å². The lowest BCUT2D eigenvalue weighted by atomic mass is 9.77. The second-order valence-corrected chi connectivity index (χ2v) is 3.22.